The Hall–Kier alpha value is -1.55. The number of hydrogen-bond acceptors (Lipinski definition) is 4. The van der Waals surface area contributed by atoms with Crippen LogP contribution in [-0.4, -0.2) is 24.6 Å². The summed E-state index contributed by atoms with van der Waals surface area (Å²) in [7, 11) is 2.06. The topological polar surface area (TPSA) is 55.3 Å². The molecule has 0 fully saturated rings. The molecule has 1 aromatic heterocycles. The summed E-state index contributed by atoms with van der Waals surface area (Å²) in [4.78, 5) is 6.26. The van der Waals surface area contributed by atoms with Crippen LogP contribution in [-0.2, 0) is 0 Å². The van der Waals surface area contributed by atoms with Gasteiger partial charge in [0.15, 0.2) is 12.0 Å². The van der Waals surface area contributed by atoms with Crippen LogP contribution in [0.5, 0.6) is 0 Å². The van der Waals surface area contributed by atoms with Crippen LogP contribution in [0.1, 0.15) is 13.3 Å². The Morgan fingerprint density at radius 3 is 3.06 bits per heavy atom. The second-order valence-electron chi connectivity index (χ2n) is 4.19. The van der Waals surface area contributed by atoms with E-state index in [9.17, 15) is 0 Å². The molecule has 1 unspecified atom stereocenters. The van der Waals surface area contributed by atoms with E-state index >= 15 is 0 Å². The molecule has 2 aromatic rings. The summed E-state index contributed by atoms with van der Waals surface area (Å²) in [5, 5.41) is 0. The Morgan fingerprint density at radius 2 is 2.31 bits per heavy atom. The maximum Gasteiger partial charge on any atom is 0.181 e. The van der Waals surface area contributed by atoms with Gasteiger partial charge in [-0.25, -0.2) is 4.98 Å². The zero-order valence-electron chi connectivity index (χ0n) is 9.68. The Morgan fingerprint density at radius 1 is 1.50 bits per heavy atom. The zero-order valence-corrected chi connectivity index (χ0v) is 9.68. The van der Waals surface area contributed by atoms with Crippen molar-refractivity contribution in [3.05, 3.63) is 24.6 Å². The molecule has 0 aliphatic heterocycles. The van der Waals surface area contributed by atoms with E-state index in [1.165, 1.54) is 6.39 Å². The van der Waals surface area contributed by atoms with Crippen LogP contribution >= 0.6 is 0 Å². The Labute approximate surface area is 95.1 Å². The number of benzene rings is 1. The minimum absolute atomic E-state index is 0.233. The number of nitrogens with zero attached hydrogens (tertiary/aromatic N) is 2. The van der Waals surface area contributed by atoms with Crippen molar-refractivity contribution >= 4 is 16.8 Å². The number of oxazole rings is 1. The van der Waals surface area contributed by atoms with Gasteiger partial charge in [-0.1, -0.05) is 0 Å². The highest BCUT2D eigenvalue weighted by atomic mass is 16.3. The predicted molar refractivity (Wildman–Crippen MR) is 65.5 cm³/mol. The minimum atomic E-state index is 0.233. The van der Waals surface area contributed by atoms with Crippen molar-refractivity contribution in [2.24, 2.45) is 5.73 Å². The highest BCUT2D eigenvalue weighted by Gasteiger charge is 2.05. The highest BCUT2D eigenvalue weighted by molar-refractivity contribution is 5.76. The normalized spacial score (nSPS) is 12.9. The molecule has 4 nitrogen and oxygen atoms in total. The van der Waals surface area contributed by atoms with Crippen LogP contribution in [0.4, 0.5) is 5.69 Å². The number of fused-ring (bicyclic) bond motifs is 1. The molecule has 0 bridgehead atoms. The first kappa shape index (κ1) is 11.0. The van der Waals surface area contributed by atoms with Gasteiger partial charge in [-0.15, -0.1) is 0 Å². The average molecular weight is 219 g/mol. The van der Waals surface area contributed by atoms with Crippen molar-refractivity contribution in [3.63, 3.8) is 0 Å². The number of rotatable bonds is 4. The fourth-order valence-corrected chi connectivity index (χ4v) is 1.61. The fraction of sp³-hybridized carbons (Fsp3) is 0.417. The monoisotopic (exact) mass is 219 g/mol. The van der Waals surface area contributed by atoms with Crippen molar-refractivity contribution in [2.75, 3.05) is 18.5 Å². The summed E-state index contributed by atoms with van der Waals surface area (Å²) < 4.78 is 5.27. The van der Waals surface area contributed by atoms with Crippen LogP contribution in [0.2, 0.25) is 0 Å². The van der Waals surface area contributed by atoms with Crippen LogP contribution in [0.3, 0.4) is 0 Å². The quantitative estimate of drug-likeness (QED) is 0.854. The molecule has 2 N–H and O–H groups in total. The number of aromatic nitrogens is 1. The smallest absolute Gasteiger partial charge is 0.181 e. The average Bonchev–Trinajstić information content (AvgIpc) is 2.72. The van der Waals surface area contributed by atoms with Crippen molar-refractivity contribution in [1.82, 2.24) is 4.98 Å². The van der Waals surface area contributed by atoms with Crippen molar-refractivity contribution in [1.29, 1.82) is 0 Å². The molecule has 0 saturated heterocycles. The molecular weight excluding hydrogens is 202 g/mol. The van der Waals surface area contributed by atoms with Gasteiger partial charge in [-0.3, -0.25) is 0 Å². The molecule has 1 heterocycles. The summed E-state index contributed by atoms with van der Waals surface area (Å²) in [5.41, 5.74) is 8.58. The lowest BCUT2D eigenvalue weighted by Crippen LogP contribution is -2.25. The van der Waals surface area contributed by atoms with Crippen molar-refractivity contribution < 1.29 is 4.42 Å². The van der Waals surface area contributed by atoms with Crippen LogP contribution < -0.4 is 10.6 Å². The summed E-state index contributed by atoms with van der Waals surface area (Å²) in [6, 6.07) is 6.25. The number of hydrogen-bond donors (Lipinski definition) is 1. The van der Waals surface area contributed by atoms with Crippen molar-refractivity contribution in [2.45, 2.75) is 19.4 Å². The van der Waals surface area contributed by atoms with E-state index in [0.29, 0.717) is 0 Å². The largest absolute Gasteiger partial charge is 0.443 e. The molecule has 86 valence electrons. The fourth-order valence-electron chi connectivity index (χ4n) is 1.61. The summed E-state index contributed by atoms with van der Waals surface area (Å²) in [6.07, 6.45) is 2.45. The molecule has 16 heavy (non-hydrogen) atoms. The standard InChI is InChI=1S/C12H17N3O/c1-9(13)5-6-15(2)10-3-4-11-12(7-10)16-8-14-11/h3-4,7-9H,5-6,13H2,1-2H3. The molecule has 0 aliphatic carbocycles. The molecule has 0 aliphatic rings. The lowest BCUT2D eigenvalue weighted by atomic mass is 10.2. The third-order valence-electron chi connectivity index (χ3n) is 2.68. The van der Waals surface area contributed by atoms with Gasteiger partial charge in [0.1, 0.15) is 5.52 Å². The van der Waals surface area contributed by atoms with E-state index in [0.717, 1.165) is 29.8 Å². The van der Waals surface area contributed by atoms with Gasteiger partial charge < -0.3 is 15.1 Å². The summed E-state index contributed by atoms with van der Waals surface area (Å²) >= 11 is 0. The molecular formula is C12H17N3O. The van der Waals surface area contributed by atoms with E-state index in [-0.39, 0.29) is 6.04 Å². The number of nitrogens with two attached hydrogens (primary N) is 1. The molecule has 1 aromatic carbocycles. The minimum Gasteiger partial charge on any atom is -0.443 e. The number of anilines is 1. The molecule has 1 atom stereocenters. The van der Waals surface area contributed by atoms with E-state index in [1.807, 2.05) is 25.1 Å². The van der Waals surface area contributed by atoms with Crippen LogP contribution in [0.15, 0.2) is 29.0 Å². The SMILES string of the molecule is CC(N)CCN(C)c1ccc2ncoc2c1. The van der Waals surface area contributed by atoms with Gasteiger partial charge in [0.25, 0.3) is 0 Å². The molecule has 2 rings (SSSR count). The van der Waals surface area contributed by atoms with E-state index in [2.05, 4.69) is 16.9 Å². The van der Waals surface area contributed by atoms with Crippen LogP contribution in [0.25, 0.3) is 11.1 Å². The second-order valence-corrected chi connectivity index (χ2v) is 4.19. The van der Waals surface area contributed by atoms with Gasteiger partial charge in [0.05, 0.1) is 0 Å². The Bertz CT molecular complexity index is 464. The van der Waals surface area contributed by atoms with E-state index in [4.69, 9.17) is 10.2 Å². The van der Waals surface area contributed by atoms with Crippen LogP contribution in [0, 0.1) is 0 Å². The first-order valence-electron chi connectivity index (χ1n) is 5.47. The summed E-state index contributed by atoms with van der Waals surface area (Å²) in [5.74, 6) is 0. The highest BCUT2D eigenvalue weighted by Crippen LogP contribution is 2.20. The maximum atomic E-state index is 5.74. The third-order valence-corrected chi connectivity index (χ3v) is 2.68. The van der Waals surface area contributed by atoms with Gasteiger partial charge in [0.2, 0.25) is 0 Å². The molecule has 4 heteroatoms. The second kappa shape index (κ2) is 4.53. The van der Waals surface area contributed by atoms with Gasteiger partial charge in [-0.05, 0) is 25.5 Å². The van der Waals surface area contributed by atoms with Crippen molar-refractivity contribution in [3.8, 4) is 0 Å². The maximum absolute atomic E-state index is 5.74. The van der Waals surface area contributed by atoms with E-state index in [1.54, 1.807) is 0 Å². The molecule has 0 radical (unpaired) electrons. The van der Waals surface area contributed by atoms with Gasteiger partial charge >= 0.3 is 0 Å². The van der Waals surface area contributed by atoms with E-state index < -0.39 is 0 Å². The predicted octanol–water partition coefficient (Wildman–Crippen LogP) is 2.00. The van der Waals surface area contributed by atoms with Gasteiger partial charge in [-0.2, -0.15) is 0 Å². The zero-order chi connectivity index (χ0) is 11.5. The lowest BCUT2D eigenvalue weighted by molar-refractivity contribution is 0.602. The molecule has 0 spiro atoms. The first-order chi connectivity index (χ1) is 7.66. The lowest BCUT2D eigenvalue weighted by Gasteiger charge is -2.20. The Kier molecular flexibility index (Phi) is 3.10. The first-order valence-corrected chi connectivity index (χ1v) is 5.47. The van der Waals surface area contributed by atoms with Gasteiger partial charge in [0, 0.05) is 31.4 Å². The summed E-state index contributed by atoms with van der Waals surface area (Å²) in [6.45, 7) is 2.96. The molecule has 0 amide bonds. The Balaban J connectivity index is 2.12. The molecule has 0 saturated carbocycles. The third kappa shape index (κ3) is 2.33.